The van der Waals surface area contributed by atoms with Gasteiger partial charge in [-0.05, 0) is 30.7 Å². The second-order valence-corrected chi connectivity index (χ2v) is 4.90. The van der Waals surface area contributed by atoms with E-state index in [9.17, 15) is 4.79 Å². The average molecular weight is 299 g/mol. The summed E-state index contributed by atoms with van der Waals surface area (Å²) < 4.78 is 5.13. The van der Waals surface area contributed by atoms with E-state index in [0.29, 0.717) is 17.1 Å². The number of carbonyl (C=O) groups excluding carboxylic acids is 1. The quantitative estimate of drug-likeness (QED) is 0.767. The van der Waals surface area contributed by atoms with Gasteiger partial charge in [-0.3, -0.25) is 4.79 Å². The second-order valence-electron chi connectivity index (χ2n) is 4.90. The van der Waals surface area contributed by atoms with Gasteiger partial charge in [-0.15, -0.1) is 0 Å². The van der Waals surface area contributed by atoms with Crippen molar-refractivity contribution < 1.29 is 9.53 Å². The minimum atomic E-state index is -0.242. The summed E-state index contributed by atoms with van der Waals surface area (Å²) in [7, 11) is 1.59. The summed E-state index contributed by atoms with van der Waals surface area (Å²) in [6.07, 6.45) is 3.93. The summed E-state index contributed by atoms with van der Waals surface area (Å²) in [5, 5.41) is 6.07. The minimum absolute atomic E-state index is 0.242. The van der Waals surface area contributed by atoms with Gasteiger partial charge in [0, 0.05) is 18.3 Å². The normalized spacial score (nSPS) is 10.1. The number of aromatic nitrogens is 1. The van der Waals surface area contributed by atoms with E-state index in [2.05, 4.69) is 22.5 Å². The molecule has 2 N–H and O–H groups in total. The van der Waals surface area contributed by atoms with Gasteiger partial charge in [0.2, 0.25) is 0 Å². The number of pyridine rings is 1. The van der Waals surface area contributed by atoms with Crippen LogP contribution in [-0.2, 0) is 0 Å². The van der Waals surface area contributed by atoms with Crippen molar-refractivity contribution in [3.63, 3.8) is 0 Å². The molecule has 5 nitrogen and oxygen atoms in total. The fourth-order valence-corrected chi connectivity index (χ4v) is 1.94. The van der Waals surface area contributed by atoms with Gasteiger partial charge in [0.05, 0.1) is 19.0 Å². The SMILES string of the molecule is CCCCNc1ccc(C(=O)Nc2cccc(OC)c2)nc1. The van der Waals surface area contributed by atoms with Crippen molar-refractivity contribution in [1.82, 2.24) is 4.98 Å². The molecule has 1 aromatic carbocycles. The van der Waals surface area contributed by atoms with Gasteiger partial charge in [0.1, 0.15) is 11.4 Å². The number of rotatable bonds is 7. The van der Waals surface area contributed by atoms with Crippen LogP contribution in [0.5, 0.6) is 5.75 Å². The molecule has 0 radical (unpaired) electrons. The average Bonchev–Trinajstić information content (AvgIpc) is 2.56. The molecule has 0 aliphatic heterocycles. The second kappa shape index (κ2) is 8.02. The monoisotopic (exact) mass is 299 g/mol. The third kappa shape index (κ3) is 4.48. The Morgan fingerprint density at radius 1 is 1.23 bits per heavy atom. The Balaban J connectivity index is 1.97. The van der Waals surface area contributed by atoms with Crippen molar-refractivity contribution in [2.75, 3.05) is 24.3 Å². The third-order valence-electron chi connectivity index (χ3n) is 3.18. The van der Waals surface area contributed by atoms with Crippen LogP contribution in [0.15, 0.2) is 42.6 Å². The lowest BCUT2D eigenvalue weighted by Crippen LogP contribution is -2.13. The van der Waals surface area contributed by atoms with E-state index in [4.69, 9.17) is 4.74 Å². The number of hydrogen-bond acceptors (Lipinski definition) is 4. The first kappa shape index (κ1) is 15.8. The van der Waals surface area contributed by atoms with Crippen molar-refractivity contribution in [2.24, 2.45) is 0 Å². The number of ether oxygens (including phenoxy) is 1. The molecule has 1 aromatic heterocycles. The van der Waals surface area contributed by atoms with Crippen LogP contribution in [0.3, 0.4) is 0 Å². The predicted octanol–water partition coefficient (Wildman–Crippen LogP) is 3.55. The van der Waals surface area contributed by atoms with Gasteiger partial charge in [-0.1, -0.05) is 19.4 Å². The first-order valence-corrected chi connectivity index (χ1v) is 7.38. The van der Waals surface area contributed by atoms with Crippen LogP contribution in [0, 0.1) is 0 Å². The van der Waals surface area contributed by atoms with Crippen LogP contribution < -0.4 is 15.4 Å². The molecule has 1 amide bonds. The molecule has 0 saturated heterocycles. The molecule has 2 aromatic rings. The van der Waals surface area contributed by atoms with Gasteiger partial charge in [0.15, 0.2) is 0 Å². The molecule has 1 heterocycles. The number of amides is 1. The highest BCUT2D eigenvalue weighted by atomic mass is 16.5. The van der Waals surface area contributed by atoms with Gasteiger partial charge < -0.3 is 15.4 Å². The maximum Gasteiger partial charge on any atom is 0.274 e. The summed E-state index contributed by atoms with van der Waals surface area (Å²) >= 11 is 0. The fraction of sp³-hybridized carbons (Fsp3) is 0.294. The van der Waals surface area contributed by atoms with E-state index in [0.717, 1.165) is 25.1 Å². The molecule has 0 saturated carbocycles. The lowest BCUT2D eigenvalue weighted by Gasteiger charge is -2.08. The molecule has 0 atom stereocenters. The van der Waals surface area contributed by atoms with Gasteiger partial charge in [-0.25, -0.2) is 4.98 Å². The van der Waals surface area contributed by atoms with E-state index in [1.165, 1.54) is 0 Å². The summed E-state index contributed by atoms with van der Waals surface area (Å²) in [4.78, 5) is 16.3. The molecule has 5 heteroatoms. The number of nitrogens with zero attached hydrogens (tertiary/aromatic N) is 1. The zero-order valence-electron chi connectivity index (χ0n) is 12.9. The zero-order valence-corrected chi connectivity index (χ0v) is 12.9. The lowest BCUT2D eigenvalue weighted by molar-refractivity contribution is 0.102. The number of hydrogen-bond donors (Lipinski definition) is 2. The lowest BCUT2D eigenvalue weighted by atomic mass is 10.2. The highest BCUT2D eigenvalue weighted by Crippen LogP contribution is 2.17. The summed E-state index contributed by atoms with van der Waals surface area (Å²) in [5.41, 5.74) is 1.98. The molecule has 0 unspecified atom stereocenters. The zero-order chi connectivity index (χ0) is 15.8. The van der Waals surface area contributed by atoms with E-state index in [1.807, 2.05) is 18.2 Å². The first-order valence-electron chi connectivity index (χ1n) is 7.38. The molecule has 116 valence electrons. The van der Waals surface area contributed by atoms with E-state index >= 15 is 0 Å². The molecule has 0 aliphatic carbocycles. The summed E-state index contributed by atoms with van der Waals surface area (Å²) in [6.45, 7) is 3.06. The van der Waals surface area contributed by atoms with Crippen LogP contribution in [0.2, 0.25) is 0 Å². The highest BCUT2D eigenvalue weighted by molar-refractivity contribution is 6.03. The molecule has 22 heavy (non-hydrogen) atoms. The van der Waals surface area contributed by atoms with E-state index in [1.54, 1.807) is 31.5 Å². The van der Waals surface area contributed by atoms with Crippen molar-refractivity contribution in [2.45, 2.75) is 19.8 Å². The van der Waals surface area contributed by atoms with Crippen molar-refractivity contribution in [1.29, 1.82) is 0 Å². The maximum absolute atomic E-state index is 12.2. The number of carbonyl (C=O) groups is 1. The van der Waals surface area contributed by atoms with Crippen molar-refractivity contribution >= 4 is 17.3 Å². The summed E-state index contributed by atoms with van der Waals surface area (Å²) in [5.74, 6) is 0.453. The number of nitrogens with one attached hydrogen (secondary N) is 2. The Kier molecular flexibility index (Phi) is 5.77. The topological polar surface area (TPSA) is 63.2 Å². The Bertz CT molecular complexity index is 612. The molecule has 0 spiro atoms. The number of unbranched alkanes of at least 4 members (excludes halogenated alkanes) is 1. The van der Waals surface area contributed by atoms with Gasteiger partial charge >= 0.3 is 0 Å². The number of methoxy groups -OCH3 is 1. The Labute approximate surface area is 130 Å². The van der Waals surface area contributed by atoms with Crippen molar-refractivity contribution in [3.05, 3.63) is 48.3 Å². The molecule has 2 rings (SSSR count). The fourth-order valence-electron chi connectivity index (χ4n) is 1.94. The molecular weight excluding hydrogens is 278 g/mol. The number of benzene rings is 1. The van der Waals surface area contributed by atoms with Crippen LogP contribution >= 0.6 is 0 Å². The van der Waals surface area contributed by atoms with E-state index < -0.39 is 0 Å². The summed E-state index contributed by atoms with van der Waals surface area (Å²) in [6, 6.07) is 10.8. The standard InChI is InChI=1S/C17H21N3O2/c1-3-4-10-18-14-8-9-16(19-12-14)17(21)20-13-6-5-7-15(11-13)22-2/h5-9,11-12,18H,3-4,10H2,1-2H3,(H,20,21). The van der Waals surface area contributed by atoms with Crippen molar-refractivity contribution in [3.8, 4) is 5.75 Å². The molecule has 0 aliphatic rings. The molecular formula is C17H21N3O2. The molecule has 0 fully saturated rings. The minimum Gasteiger partial charge on any atom is -0.497 e. The Morgan fingerprint density at radius 2 is 2.09 bits per heavy atom. The number of anilines is 2. The Morgan fingerprint density at radius 3 is 2.77 bits per heavy atom. The smallest absolute Gasteiger partial charge is 0.274 e. The largest absolute Gasteiger partial charge is 0.497 e. The van der Waals surface area contributed by atoms with Gasteiger partial charge in [-0.2, -0.15) is 0 Å². The molecule has 0 bridgehead atoms. The Hall–Kier alpha value is -2.56. The van der Waals surface area contributed by atoms with Gasteiger partial charge in [0.25, 0.3) is 5.91 Å². The maximum atomic E-state index is 12.2. The predicted molar refractivity (Wildman–Crippen MR) is 88.6 cm³/mol. The van der Waals surface area contributed by atoms with Crippen LogP contribution in [0.4, 0.5) is 11.4 Å². The highest BCUT2D eigenvalue weighted by Gasteiger charge is 2.08. The van der Waals surface area contributed by atoms with Crippen LogP contribution in [-0.4, -0.2) is 24.5 Å². The third-order valence-corrected chi connectivity index (χ3v) is 3.18. The van der Waals surface area contributed by atoms with Crippen LogP contribution in [0.25, 0.3) is 0 Å². The van der Waals surface area contributed by atoms with Crippen LogP contribution in [0.1, 0.15) is 30.3 Å². The van der Waals surface area contributed by atoms with E-state index in [-0.39, 0.29) is 5.91 Å². The first-order chi connectivity index (χ1) is 10.7.